The van der Waals surface area contributed by atoms with E-state index in [1.165, 1.54) is 24.0 Å². The van der Waals surface area contributed by atoms with Crippen LogP contribution in [0, 0.1) is 0 Å². The molecule has 0 unspecified atom stereocenters. The number of phenols is 2. The fraction of sp³-hybridized carbons (Fsp3) is 0.0385. The molecule has 0 fully saturated rings. The Hall–Kier alpha value is -4.74. The van der Waals surface area contributed by atoms with Crippen molar-refractivity contribution >= 4 is 26.9 Å². The monoisotopic (exact) mass is 519 g/mol. The van der Waals surface area contributed by atoms with E-state index >= 15 is 0 Å². The molecule has 0 amide bonds. The normalized spacial score (nSPS) is 11.0. The van der Waals surface area contributed by atoms with E-state index in [0.717, 1.165) is 23.2 Å². The number of methoxy groups -OCH3 is 1. The van der Waals surface area contributed by atoms with Crippen LogP contribution in [0.25, 0.3) is 16.7 Å². The molecule has 1 heterocycles. The summed E-state index contributed by atoms with van der Waals surface area (Å²) in [4.78, 5) is 13.1. The Balaban J connectivity index is 0.000000179. The summed E-state index contributed by atoms with van der Waals surface area (Å²) in [5.41, 5.74) is 2.24. The Morgan fingerprint density at radius 2 is 1.38 bits per heavy atom. The van der Waals surface area contributed by atoms with Crippen LogP contribution in [0.2, 0.25) is 0 Å². The van der Waals surface area contributed by atoms with Gasteiger partial charge in [0.25, 0.3) is 10.1 Å². The molecule has 0 saturated carbocycles. The number of aromatic hydroxyl groups is 2. The minimum absolute atomic E-state index is 0.169. The first-order chi connectivity index (χ1) is 17.7. The quantitative estimate of drug-likeness (QED) is 0.231. The van der Waals surface area contributed by atoms with Crippen molar-refractivity contribution in [2.45, 2.75) is 4.90 Å². The lowest BCUT2D eigenvalue weighted by Crippen LogP contribution is -2.07. The average molecular weight is 520 g/mol. The number of para-hydroxylation sites is 2. The number of ether oxygens (including phenoxy) is 1. The summed E-state index contributed by atoms with van der Waals surface area (Å²) in [6, 6.07) is 24.5. The molecule has 5 rings (SSSR count). The van der Waals surface area contributed by atoms with Crippen LogP contribution >= 0.6 is 0 Å². The Bertz CT molecular complexity index is 1650. The standard InChI is InChI=1S/C14H12O6S.C12H9N3O/c1-20-12-8-11(15)10(7-13(12)21(17,18)19)14(16)9-5-3-2-4-6-9;16-12-8-4-3-7-11(12)15-13-9-5-1-2-6-10(9)14-15/h2-8,15H,1H3,(H,17,18,19);1-8,16H. The molecule has 0 saturated heterocycles. The number of phenolic OH excluding ortho intramolecular Hbond substituents is 2. The summed E-state index contributed by atoms with van der Waals surface area (Å²) in [6.45, 7) is 0. The third-order valence-electron chi connectivity index (χ3n) is 5.22. The van der Waals surface area contributed by atoms with Crippen LogP contribution in [-0.2, 0) is 10.1 Å². The fourth-order valence-electron chi connectivity index (χ4n) is 3.44. The largest absolute Gasteiger partial charge is 0.507 e. The van der Waals surface area contributed by atoms with E-state index in [2.05, 4.69) is 10.2 Å². The van der Waals surface area contributed by atoms with E-state index in [4.69, 9.17) is 9.29 Å². The van der Waals surface area contributed by atoms with Gasteiger partial charge in [0.2, 0.25) is 0 Å². The third kappa shape index (κ3) is 5.58. The van der Waals surface area contributed by atoms with Gasteiger partial charge in [-0.25, -0.2) is 0 Å². The second kappa shape index (κ2) is 10.5. The first-order valence-corrected chi connectivity index (χ1v) is 12.2. The maximum atomic E-state index is 12.3. The number of hydrogen-bond acceptors (Lipinski definition) is 8. The molecule has 0 spiro atoms. The van der Waals surface area contributed by atoms with Crippen molar-refractivity contribution < 1.29 is 32.7 Å². The number of nitrogens with zero attached hydrogens (tertiary/aromatic N) is 3. The number of aromatic nitrogens is 3. The fourth-order valence-corrected chi connectivity index (χ4v) is 4.10. The highest BCUT2D eigenvalue weighted by atomic mass is 32.2. The highest BCUT2D eigenvalue weighted by molar-refractivity contribution is 7.86. The lowest BCUT2D eigenvalue weighted by atomic mass is 10.0. The number of rotatable bonds is 5. The molecule has 37 heavy (non-hydrogen) atoms. The van der Waals surface area contributed by atoms with Gasteiger partial charge in [0.15, 0.2) is 5.78 Å². The molecule has 5 aromatic rings. The Morgan fingerprint density at radius 1 is 0.811 bits per heavy atom. The average Bonchev–Trinajstić information content (AvgIpc) is 3.32. The zero-order valence-corrected chi connectivity index (χ0v) is 20.2. The van der Waals surface area contributed by atoms with Crippen LogP contribution in [0.4, 0.5) is 0 Å². The highest BCUT2D eigenvalue weighted by Crippen LogP contribution is 2.32. The summed E-state index contributed by atoms with van der Waals surface area (Å²) in [7, 11) is -3.41. The minimum Gasteiger partial charge on any atom is -0.507 e. The van der Waals surface area contributed by atoms with Crippen molar-refractivity contribution in [3.63, 3.8) is 0 Å². The second-order valence-corrected chi connectivity index (χ2v) is 9.05. The summed E-state index contributed by atoms with van der Waals surface area (Å²) in [5.74, 6) is -1.09. The molecule has 4 aromatic carbocycles. The summed E-state index contributed by atoms with van der Waals surface area (Å²) >= 11 is 0. The van der Waals surface area contributed by atoms with Gasteiger partial charge in [0.05, 0.1) is 12.7 Å². The zero-order chi connectivity index (χ0) is 26.6. The number of benzene rings is 4. The van der Waals surface area contributed by atoms with E-state index in [0.29, 0.717) is 5.69 Å². The van der Waals surface area contributed by atoms with Crippen LogP contribution < -0.4 is 4.74 Å². The van der Waals surface area contributed by atoms with Crippen LogP contribution in [0.1, 0.15) is 15.9 Å². The summed E-state index contributed by atoms with van der Waals surface area (Å²) < 4.78 is 36.6. The van der Waals surface area contributed by atoms with Crippen molar-refractivity contribution in [3.05, 3.63) is 102 Å². The van der Waals surface area contributed by atoms with Gasteiger partial charge in [-0.3, -0.25) is 9.35 Å². The molecular weight excluding hydrogens is 498 g/mol. The van der Waals surface area contributed by atoms with Gasteiger partial charge < -0.3 is 14.9 Å². The highest BCUT2D eigenvalue weighted by Gasteiger charge is 2.23. The van der Waals surface area contributed by atoms with Crippen LogP contribution in [-0.4, -0.2) is 51.1 Å². The predicted octanol–water partition coefficient (Wildman–Crippen LogP) is 4.00. The Morgan fingerprint density at radius 3 is 1.95 bits per heavy atom. The maximum Gasteiger partial charge on any atom is 0.298 e. The number of hydrogen-bond donors (Lipinski definition) is 3. The Kier molecular flexibility index (Phi) is 7.18. The molecule has 1 aromatic heterocycles. The molecule has 11 heteroatoms. The number of carbonyl (C=O) groups is 1. The molecule has 0 radical (unpaired) electrons. The predicted molar refractivity (Wildman–Crippen MR) is 135 cm³/mol. The van der Waals surface area contributed by atoms with E-state index in [-0.39, 0.29) is 22.6 Å². The van der Waals surface area contributed by atoms with Crippen LogP contribution in [0.3, 0.4) is 0 Å². The molecule has 3 N–H and O–H groups in total. The van der Waals surface area contributed by atoms with E-state index in [1.807, 2.05) is 30.3 Å². The van der Waals surface area contributed by atoms with Crippen molar-refractivity contribution in [2.24, 2.45) is 0 Å². The summed E-state index contributed by atoms with van der Waals surface area (Å²) in [6.07, 6.45) is 0. The van der Waals surface area contributed by atoms with Gasteiger partial charge in [0, 0.05) is 11.6 Å². The molecule has 0 aliphatic heterocycles. The van der Waals surface area contributed by atoms with Gasteiger partial charge in [-0.1, -0.05) is 54.6 Å². The SMILES string of the molecule is COc1cc(O)c(C(=O)c2ccccc2)cc1S(=O)(=O)O.Oc1ccccc1-n1nc2ccccc2n1. The first kappa shape index (κ1) is 25.4. The van der Waals surface area contributed by atoms with Gasteiger partial charge in [0.1, 0.15) is 38.9 Å². The number of carbonyl (C=O) groups excluding carboxylic acids is 1. The summed E-state index contributed by atoms with van der Waals surface area (Å²) in [5, 5.41) is 28.1. The van der Waals surface area contributed by atoms with E-state index < -0.39 is 26.5 Å². The van der Waals surface area contributed by atoms with Gasteiger partial charge in [-0.05, 0) is 30.3 Å². The second-order valence-electron chi connectivity index (χ2n) is 7.66. The van der Waals surface area contributed by atoms with Crippen molar-refractivity contribution in [2.75, 3.05) is 7.11 Å². The van der Waals surface area contributed by atoms with E-state index in [9.17, 15) is 23.4 Å². The van der Waals surface area contributed by atoms with Crippen molar-refractivity contribution in [1.29, 1.82) is 0 Å². The van der Waals surface area contributed by atoms with Crippen LogP contribution in [0.15, 0.2) is 95.9 Å². The topological polar surface area (TPSA) is 152 Å². The first-order valence-electron chi connectivity index (χ1n) is 10.8. The zero-order valence-electron chi connectivity index (χ0n) is 19.4. The van der Waals surface area contributed by atoms with Gasteiger partial charge in [-0.15, -0.1) is 15.0 Å². The lowest BCUT2D eigenvalue weighted by molar-refractivity contribution is 0.103. The maximum absolute atomic E-state index is 12.3. The Labute approximate surface area is 211 Å². The number of fused-ring (bicyclic) bond motifs is 1. The number of ketones is 1. The molecular formula is C26H21N3O7S. The van der Waals surface area contributed by atoms with Crippen molar-refractivity contribution in [1.82, 2.24) is 15.0 Å². The van der Waals surface area contributed by atoms with E-state index in [1.54, 1.807) is 36.4 Å². The minimum atomic E-state index is -4.59. The van der Waals surface area contributed by atoms with Crippen LogP contribution in [0.5, 0.6) is 17.2 Å². The van der Waals surface area contributed by atoms with Crippen molar-refractivity contribution in [3.8, 4) is 22.9 Å². The van der Waals surface area contributed by atoms with Gasteiger partial charge in [-0.2, -0.15) is 8.42 Å². The molecule has 0 atom stereocenters. The van der Waals surface area contributed by atoms with Gasteiger partial charge >= 0.3 is 0 Å². The molecule has 0 aliphatic carbocycles. The smallest absolute Gasteiger partial charge is 0.298 e. The third-order valence-corrected chi connectivity index (χ3v) is 6.10. The lowest BCUT2D eigenvalue weighted by Gasteiger charge is -2.10. The molecule has 0 bridgehead atoms. The molecule has 0 aliphatic rings. The molecule has 10 nitrogen and oxygen atoms in total. The molecule has 188 valence electrons.